The Kier molecular flexibility index (Phi) is 3.85. The van der Waals surface area contributed by atoms with Crippen molar-refractivity contribution in [3.63, 3.8) is 0 Å². The highest BCUT2D eigenvalue weighted by molar-refractivity contribution is 5.93. The quantitative estimate of drug-likeness (QED) is 0.852. The average molecular weight is 256 g/mol. The van der Waals surface area contributed by atoms with Crippen LogP contribution in [-0.4, -0.2) is 18.5 Å². The maximum Gasteiger partial charge on any atom is 0.169 e. The molecule has 0 amide bonds. The van der Waals surface area contributed by atoms with Crippen LogP contribution in [0.15, 0.2) is 36.4 Å². The number of methoxy groups -OCH3 is 1. The van der Waals surface area contributed by atoms with Crippen LogP contribution in [0.2, 0.25) is 0 Å². The molecule has 2 aromatic rings. The molecule has 98 valence electrons. The maximum absolute atomic E-state index is 11.3. The predicted molar refractivity (Wildman–Crippen MR) is 74.9 cm³/mol. The molecule has 19 heavy (non-hydrogen) atoms. The lowest BCUT2D eigenvalue weighted by atomic mass is 9.94. The van der Waals surface area contributed by atoms with E-state index in [0.29, 0.717) is 12.0 Å². The summed E-state index contributed by atoms with van der Waals surface area (Å²) < 4.78 is 5.03. The monoisotopic (exact) mass is 256 g/mol. The van der Waals surface area contributed by atoms with E-state index in [1.54, 1.807) is 12.1 Å². The van der Waals surface area contributed by atoms with Crippen molar-refractivity contribution in [3.05, 3.63) is 47.5 Å². The van der Waals surface area contributed by atoms with Gasteiger partial charge in [0.25, 0.3) is 0 Å². The molecule has 2 rings (SSSR count). The number of aryl methyl sites for hydroxylation is 1. The van der Waals surface area contributed by atoms with Crippen LogP contribution >= 0.6 is 0 Å². The fraction of sp³-hybridized carbons (Fsp3) is 0.188. The number of hydrogen-bond acceptors (Lipinski definition) is 3. The molecule has 0 aromatic heterocycles. The maximum atomic E-state index is 11.3. The van der Waals surface area contributed by atoms with Crippen molar-refractivity contribution in [1.82, 2.24) is 0 Å². The number of ether oxygens (including phenoxy) is 1. The third kappa shape index (κ3) is 2.32. The van der Waals surface area contributed by atoms with E-state index in [2.05, 4.69) is 6.92 Å². The molecular formula is C16H16O3. The van der Waals surface area contributed by atoms with E-state index in [0.717, 1.165) is 23.1 Å². The first-order valence-electron chi connectivity index (χ1n) is 6.16. The van der Waals surface area contributed by atoms with Crippen LogP contribution in [0.3, 0.4) is 0 Å². The topological polar surface area (TPSA) is 46.5 Å². The Bertz CT molecular complexity index is 603. The van der Waals surface area contributed by atoms with Gasteiger partial charge in [-0.1, -0.05) is 31.2 Å². The van der Waals surface area contributed by atoms with Crippen LogP contribution in [-0.2, 0) is 6.42 Å². The Morgan fingerprint density at radius 3 is 2.53 bits per heavy atom. The van der Waals surface area contributed by atoms with Gasteiger partial charge in [-0.2, -0.15) is 0 Å². The smallest absolute Gasteiger partial charge is 0.169 e. The van der Waals surface area contributed by atoms with Gasteiger partial charge >= 0.3 is 0 Å². The summed E-state index contributed by atoms with van der Waals surface area (Å²) in [6, 6.07) is 11.3. The van der Waals surface area contributed by atoms with Gasteiger partial charge in [-0.3, -0.25) is 4.79 Å². The molecular weight excluding hydrogens is 240 g/mol. The largest absolute Gasteiger partial charge is 0.504 e. The summed E-state index contributed by atoms with van der Waals surface area (Å²) in [5, 5.41) is 10.0. The molecule has 0 aliphatic rings. The lowest BCUT2D eigenvalue weighted by molar-refractivity contribution is 0.112. The second-order valence-corrected chi connectivity index (χ2v) is 4.21. The first-order chi connectivity index (χ1) is 9.22. The fourth-order valence-corrected chi connectivity index (χ4v) is 2.20. The zero-order valence-corrected chi connectivity index (χ0v) is 11.0. The van der Waals surface area contributed by atoms with Crippen LogP contribution in [0, 0.1) is 0 Å². The molecule has 1 N–H and O–H groups in total. The van der Waals surface area contributed by atoms with Gasteiger partial charge in [-0.05, 0) is 35.2 Å². The Morgan fingerprint density at radius 1 is 1.16 bits per heavy atom. The van der Waals surface area contributed by atoms with Crippen molar-refractivity contribution in [2.24, 2.45) is 0 Å². The molecule has 0 aliphatic heterocycles. The molecule has 0 aliphatic carbocycles. The molecule has 0 saturated carbocycles. The zero-order valence-electron chi connectivity index (χ0n) is 11.0. The number of aldehydes is 1. The summed E-state index contributed by atoms with van der Waals surface area (Å²) in [4.78, 5) is 11.3. The first kappa shape index (κ1) is 13.1. The molecule has 0 saturated heterocycles. The number of phenols is 1. The second kappa shape index (κ2) is 5.57. The van der Waals surface area contributed by atoms with Crippen LogP contribution in [0.1, 0.15) is 22.8 Å². The first-order valence-corrected chi connectivity index (χ1v) is 6.16. The van der Waals surface area contributed by atoms with E-state index in [1.807, 2.05) is 24.3 Å². The minimum atomic E-state index is -0.110. The minimum absolute atomic E-state index is 0.110. The number of phenolic OH excluding ortho intramolecular Hbond substituents is 1. The highest BCUT2D eigenvalue weighted by atomic mass is 16.5. The highest BCUT2D eigenvalue weighted by Gasteiger charge is 2.15. The van der Waals surface area contributed by atoms with Gasteiger partial charge < -0.3 is 9.84 Å². The van der Waals surface area contributed by atoms with Gasteiger partial charge in [0, 0.05) is 0 Å². The van der Waals surface area contributed by atoms with Gasteiger partial charge in [0.15, 0.2) is 17.8 Å². The highest BCUT2D eigenvalue weighted by Crippen LogP contribution is 2.37. The number of benzene rings is 2. The van der Waals surface area contributed by atoms with Crippen molar-refractivity contribution in [3.8, 4) is 22.6 Å². The molecule has 2 aromatic carbocycles. The van der Waals surface area contributed by atoms with Crippen LogP contribution in [0.4, 0.5) is 0 Å². The molecule has 0 unspecified atom stereocenters. The minimum Gasteiger partial charge on any atom is -0.504 e. The van der Waals surface area contributed by atoms with Gasteiger partial charge in [-0.25, -0.2) is 0 Å². The van der Waals surface area contributed by atoms with Gasteiger partial charge in [0.1, 0.15) is 0 Å². The summed E-state index contributed by atoms with van der Waals surface area (Å²) in [6.07, 6.45) is 1.53. The predicted octanol–water partition coefficient (Wildman–Crippen LogP) is 3.44. The molecule has 3 heteroatoms. The summed E-state index contributed by atoms with van der Waals surface area (Å²) in [7, 11) is 1.46. The molecule has 0 atom stereocenters. The van der Waals surface area contributed by atoms with Crippen molar-refractivity contribution < 1.29 is 14.6 Å². The van der Waals surface area contributed by atoms with Crippen LogP contribution in [0.25, 0.3) is 11.1 Å². The number of hydrogen-bond donors (Lipinski definition) is 1. The molecule has 0 radical (unpaired) electrons. The fourth-order valence-electron chi connectivity index (χ4n) is 2.20. The number of aromatic hydroxyl groups is 1. The third-order valence-corrected chi connectivity index (χ3v) is 3.21. The molecule has 0 heterocycles. The SMILES string of the molecule is CCc1ccccc1-c1ccc(OC)c(O)c1C=O. The van der Waals surface area contributed by atoms with Gasteiger partial charge in [0.05, 0.1) is 12.7 Å². The molecule has 0 fully saturated rings. The molecule has 3 nitrogen and oxygen atoms in total. The van der Waals surface area contributed by atoms with E-state index >= 15 is 0 Å². The van der Waals surface area contributed by atoms with Crippen LogP contribution in [0.5, 0.6) is 11.5 Å². The van der Waals surface area contributed by atoms with Crippen molar-refractivity contribution in [1.29, 1.82) is 0 Å². The van der Waals surface area contributed by atoms with E-state index in [9.17, 15) is 9.90 Å². The lowest BCUT2D eigenvalue weighted by Gasteiger charge is -2.13. The summed E-state index contributed by atoms with van der Waals surface area (Å²) in [6.45, 7) is 2.06. The van der Waals surface area contributed by atoms with E-state index in [-0.39, 0.29) is 11.3 Å². The van der Waals surface area contributed by atoms with Crippen LogP contribution < -0.4 is 4.74 Å². The summed E-state index contributed by atoms with van der Waals surface area (Å²) in [5.74, 6) is 0.195. The molecule has 0 spiro atoms. The average Bonchev–Trinajstić information content (AvgIpc) is 2.46. The Balaban J connectivity index is 2.69. The Labute approximate surface area is 112 Å². The summed E-state index contributed by atoms with van der Waals surface area (Å²) in [5.41, 5.74) is 3.09. The molecule has 0 bridgehead atoms. The van der Waals surface area contributed by atoms with Crippen molar-refractivity contribution in [2.75, 3.05) is 7.11 Å². The third-order valence-electron chi connectivity index (χ3n) is 3.21. The van der Waals surface area contributed by atoms with E-state index in [1.165, 1.54) is 7.11 Å². The number of carbonyl (C=O) groups excluding carboxylic acids is 1. The van der Waals surface area contributed by atoms with E-state index < -0.39 is 0 Å². The Morgan fingerprint density at radius 2 is 1.89 bits per heavy atom. The Hall–Kier alpha value is -2.29. The second-order valence-electron chi connectivity index (χ2n) is 4.21. The van der Waals surface area contributed by atoms with E-state index in [4.69, 9.17) is 4.74 Å². The lowest BCUT2D eigenvalue weighted by Crippen LogP contribution is -1.95. The zero-order chi connectivity index (χ0) is 13.8. The summed E-state index contributed by atoms with van der Waals surface area (Å²) >= 11 is 0. The normalized spacial score (nSPS) is 10.2. The van der Waals surface area contributed by atoms with Gasteiger partial charge in [0.2, 0.25) is 0 Å². The number of rotatable bonds is 4. The van der Waals surface area contributed by atoms with Crippen molar-refractivity contribution in [2.45, 2.75) is 13.3 Å². The van der Waals surface area contributed by atoms with Gasteiger partial charge in [-0.15, -0.1) is 0 Å². The number of carbonyl (C=O) groups is 1. The standard InChI is InChI=1S/C16H16O3/c1-3-11-6-4-5-7-12(11)13-8-9-15(19-2)16(18)14(13)10-17/h4-10,18H,3H2,1-2H3. The van der Waals surface area contributed by atoms with Crippen molar-refractivity contribution >= 4 is 6.29 Å².